The van der Waals surface area contributed by atoms with Gasteiger partial charge in [-0.2, -0.15) is 0 Å². The molecule has 0 bridgehead atoms. The molecule has 1 amide bonds. The van der Waals surface area contributed by atoms with E-state index >= 15 is 0 Å². The number of hydrogen-bond donors (Lipinski definition) is 2. The minimum atomic E-state index is -0.291. The van der Waals surface area contributed by atoms with Crippen LogP contribution in [0.5, 0.6) is 5.75 Å². The molecule has 1 atom stereocenters. The largest absolute Gasteiger partial charge is 0.496 e. The van der Waals surface area contributed by atoms with Crippen molar-refractivity contribution in [2.45, 2.75) is 25.9 Å². The van der Waals surface area contributed by atoms with Crippen LogP contribution in [0.4, 0.5) is 0 Å². The number of carbonyl (C=O) groups excluding carboxylic acids is 1. The zero-order valence-electron chi connectivity index (χ0n) is 10.00. The molecule has 1 unspecified atom stereocenters. The van der Waals surface area contributed by atoms with Crippen LogP contribution in [-0.4, -0.2) is 19.1 Å². The van der Waals surface area contributed by atoms with Crippen LogP contribution in [0.25, 0.3) is 0 Å². The maximum atomic E-state index is 10.7. The molecule has 0 saturated heterocycles. The molecule has 0 heterocycles. The van der Waals surface area contributed by atoms with Gasteiger partial charge in [-0.3, -0.25) is 4.79 Å². The maximum Gasteiger partial charge on any atom is 0.218 e. The third-order valence-corrected chi connectivity index (χ3v) is 3.00. The third kappa shape index (κ3) is 4.75. The average molecular weight is 301 g/mol. The van der Waals surface area contributed by atoms with Crippen LogP contribution in [0.1, 0.15) is 18.9 Å². The van der Waals surface area contributed by atoms with Gasteiger partial charge in [0.1, 0.15) is 5.75 Å². The normalized spacial score (nSPS) is 12.2. The van der Waals surface area contributed by atoms with Gasteiger partial charge >= 0.3 is 0 Å². The molecule has 4 nitrogen and oxygen atoms in total. The van der Waals surface area contributed by atoms with Crippen molar-refractivity contribution in [3.8, 4) is 5.75 Å². The Morgan fingerprint density at radius 2 is 2.29 bits per heavy atom. The summed E-state index contributed by atoms with van der Waals surface area (Å²) in [7, 11) is 1.63. The number of nitrogens with one attached hydrogen (secondary N) is 1. The highest BCUT2D eigenvalue weighted by molar-refractivity contribution is 9.10. The van der Waals surface area contributed by atoms with Gasteiger partial charge in [0.15, 0.2) is 0 Å². The van der Waals surface area contributed by atoms with Gasteiger partial charge in [0.05, 0.1) is 11.6 Å². The van der Waals surface area contributed by atoms with Gasteiger partial charge in [-0.25, -0.2) is 0 Å². The van der Waals surface area contributed by atoms with Gasteiger partial charge in [-0.05, 0) is 40.5 Å². The van der Waals surface area contributed by atoms with Gasteiger partial charge in [0.25, 0.3) is 0 Å². The molecule has 0 spiro atoms. The summed E-state index contributed by atoms with van der Waals surface area (Å²) in [5.41, 5.74) is 6.24. The number of benzene rings is 1. The van der Waals surface area contributed by atoms with Crippen LogP contribution in [0.15, 0.2) is 22.7 Å². The van der Waals surface area contributed by atoms with Crippen molar-refractivity contribution in [2.24, 2.45) is 5.73 Å². The molecule has 0 aliphatic heterocycles. The van der Waals surface area contributed by atoms with Gasteiger partial charge in [-0.15, -0.1) is 0 Å². The minimum Gasteiger partial charge on any atom is -0.496 e. The Morgan fingerprint density at radius 1 is 1.59 bits per heavy atom. The number of methoxy groups -OCH3 is 1. The quantitative estimate of drug-likeness (QED) is 0.842. The zero-order valence-corrected chi connectivity index (χ0v) is 11.6. The summed E-state index contributed by atoms with van der Waals surface area (Å²) in [5.74, 6) is 0.514. The van der Waals surface area contributed by atoms with E-state index in [0.717, 1.165) is 15.8 Å². The molecule has 1 aromatic carbocycles. The van der Waals surface area contributed by atoms with E-state index in [1.165, 1.54) is 0 Å². The van der Waals surface area contributed by atoms with E-state index in [1.807, 2.05) is 25.1 Å². The van der Waals surface area contributed by atoms with Gasteiger partial charge in [0.2, 0.25) is 5.91 Å². The molecule has 1 aromatic rings. The van der Waals surface area contributed by atoms with Crippen molar-refractivity contribution in [3.05, 3.63) is 28.2 Å². The van der Waals surface area contributed by atoms with Gasteiger partial charge in [-0.1, -0.05) is 6.07 Å². The number of carbonyl (C=O) groups is 1. The first kappa shape index (κ1) is 14.0. The highest BCUT2D eigenvalue weighted by atomic mass is 79.9. The van der Waals surface area contributed by atoms with Gasteiger partial charge in [0, 0.05) is 19.0 Å². The predicted molar refractivity (Wildman–Crippen MR) is 70.8 cm³/mol. The highest BCUT2D eigenvalue weighted by Crippen LogP contribution is 2.25. The summed E-state index contributed by atoms with van der Waals surface area (Å²) in [6.07, 6.45) is 0.345. The fourth-order valence-electron chi connectivity index (χ4n) is 1.49. The van der Waals surface area contributed by atoms with E-state index in [-0.39, 0.29) is 11.9 Å². The van der Waals surface area contributed by atoms with Crippen molar-refractivity contribution in [1.29, 1.82) is 0 Å². The van der Waals surface area contributed by atoms with E-state index in [2.05, 4.69) is 21.2 Å². The number of ether oxygens (including phenoxy) is 1. The molecule has 0 aliphatic rings. The predicted octanol–water partition coefficient (Wildman–Crippen LogP) is 1.81. The first-order valence-electron chi connectivity index (χ1n) is 5.37. The van der Waals surface area contributed by atoms with Crippen LogP contribution in [0.2, 0.25) is 0 Å². The summed E-state index contributed by atoms with van der Waals surface area (Å²) in [4.78, 5) is 10.7. The summed E-state index contributed by atoms with van der Waals surface area (Å²) < 4.78 is 6.07. The first-order valence-corrected chi connectivity index (χ1v) is 6.16. The summed E-state index contributed by atoms with van der Waals surface area (Å²) in [6, 6.07) is 5.95. The number of primary amides is 1. The molecule has 0 radical (unpaired) electrons. The molecule has 0 saturated carbocycles. The van der Waals surface area contributed by atoms with Crippen LogP contribution in [-0.2, 0) is 11.3 Å². The van der Waals surface area contributed by atoms with Crippen molar-refractivity contribution in [1.82, 2.24) is 5.32 Å². The van der Waals surface area contributed by atoms with E-state index < -0.39 is 0 Å². The molecule has 0 aliphatic carbocycles. The number of halogens is 1. The van der Waals surface area contributed by atoms with E-state index in [0.29, 0.717) is 13.0 Å². The molecular weight excluding hydrogens is 284 g/mol. The SMILES string of the molecule is COc1ccc(CNC(C)CC(N)=O)cc1Br. The zero-order chi connectivity index (χ0) is 12.8. The lowest BCUT2D eigenvalue weighted by atomic mass is 10.2. The standard InChI is InChI=1S/C12H17BrN2O2/c1-8(5-12(14)16)15-7-9-3-4-11(17-2)10(13)6-9/h3-4,6,8,15H,5,7H2,1-2H3,(H2,14,16). The fraction of sp³-hybridized carbons (Fsp3) is 0.417. The minimum absolute atomic E-state index is 0.0772. The lowest BCUT2D eigenvalue weighted by Gasteiger charge is -2.12. The molecule has 3 N–H and O–H groups in total. The topological polar surface area (TPSA) is 64.3 Å². The van der Waals surface area contributed by atoms with Crippen molar-refractivity contribution >= 4 is 21.8 Å². The van der Waals surface area contributed by atoms with Crippen LogP contribution < -0.4 is 15.8 Å². The Morgan fingerprint density at radius 3 is 2.82 bits per heavy atom. The van der Waals surface area contributed by atoms with Crippen LogP contribution in [0.3, 0.4) is 0 Å². The Hall–Kier alpha value is -1.07. The second-order valence-electron chi connectivity index (χ2n) is 3.92. The number of rotatable bonds is 6. The van der Waals surface area contributed by atoms with E-state index in [4.69, 9.17) is 10.5 Å². The van der Waals surface area contributed by atoms with Crippen LogP contribution in [0, 0.1) is 0 Å². The smallest absolute Gasteiger partial charge is 0.218 e. The van der Waals surface area contributed by atoms with Crippen molar-refractivity contribution in [2.75, 3.05) is 7.11 Å². The van der Waals surface area contributed by atoms with E-state index in [9.17, 15) is 4.79 Å². The number of hydrogen-bond acceptors (Lipinski definition) is 3. The Balaban J connectivity index is 2.52. The van der Waals surface area contributed by atoms with Crippen molar-refractivity contribution < 1.29 is 9.53 Å². The monoisotopic (exact) mass is 300 g/mol. The Kier molecular flexibility index (Phi) is 5.44. The highest BCUT2D eigenvalue weighted by Gasteiger charge is 2.06. The number of amides is 1. The molecule has 94 valence electrons. The Labute approximate surface area is 110 Å². The van der Waals surface area contributed by atoms with E-state index in [1.54, 1.807) is 7.11 Å². The lowest BCUT2D eigenvalue weighted by Crippen LogP contribution is -2.30. The third-order valence-electron chi connectivity index (χ3n) is 2.38. The molecule has 5 heteroatoms. The summed E-state index contributed by atoms with van der Waals surface area (Å²) >= 11 is 3.43. The molecule has 1 rings (SSSR count). The second kappa shape index (κ2) is 6.61. The first-order chi connectivity index (χ1) is 8.02. The molecule has 0 aromatic heterocycles. The maximum absolute atomic E-state index is 10.7. The molecule has 17 heavy (non-hydrogen) atoms. The van der Waals surface area contributed by atoms with Crippen molar-refractivity contribution in [3.63, 3.8) is 0 Å². The summed E-state index contributed by atoms with van der Waals surface area (Å²) in [6.45, 7) is 2.63. The Bertz CT molecular complexity index is 396. The molecule has 0 fully saturated rings. The van der Waals surface area contributed by atoms with Crippen LogP contribution >= 0.6 is 15.9 Å². The average Bonchev–Trinajstić information content (AvgIpc) is 2.25. The fourth-order valence-corrected chi connectivity index (χ4v) is 2.07. The van der Waals surface area contributed by atoms with Gasteiger partial charge < -0.3 is 15.8 Å². The number of nitrogens with two attached hydrogens (primary N) is 1. The lowest BCUT2D eigenvalue weighted by molar-refractivity contribution is -0.118. The molecular formula is C12H17BrN2O2. The summed E-state index contributed by atoms with van der Waals surface area (Å²) in [5, 5.41) is 3.23. The second-order valence-corrected chi connectivity index (χ2v) is 4.78.